The molecule has 4 N–H and O–H groups in total. The first-order valence-electron chi connectivity index (χ1n) is 15.5. The van der Waals surface area contributed by atoms with Gasteiger partial charge in [-0.1, -0.05) is 85.4 Å². The summed E-state index contributed by atoms with van der Waals surface area (Å²) in [7, 11) is 1.56. The number of hydrogen-bond acceptors (Lipinski definition) is 5. The summed E-state index contributed by atoms with van der Waals surface area (Å²) in [6, 6.07) is 28.1. The van der Waals surface area contributed by atoms with Crippen molar-refractivity contribution >= 4 is 17.7 Å². The summed E-state index contributed by atoms with van der Waals surface area (Å²) in [4.78, 5) is 44.5. The van der Waals surface area contributed by atoms with Gasteiger partial charge in [0, 0.05) is 44.7 Å². The fraction of sp³-hybridized carbons (Fsp3) is 0.237. The minimum Gasteiger partial charge on any atom is -0.392 e. The second kappa shape index (κ2) is 16.4. The molecule has 4 aromatic rings. The highest BCUT2D eigenvalue weighted by atomic mass is 19.1. The molecule has 0 aliphatic heterocycles. The maximum atomic E-state index is 14.5. The number of carbonyl (C=O) groups excluding carboxylic acids is 3. The average molecular weight is 637 g/mol. The van der Waals surface area contributed by atoms with Crippen LogP contribution in [0.5, 0.6) is 0 Å². The molecule has 0 saturated carbocycles. The Hall–Kier alpha value is -5.12. The quantitative estimate of drug-likeness (QED) is 0.185. The molecule has 8 nitrogen and oxygen atoms in total. The van der Waals surface area contributed by atoms with E-state index in [-0.39, 0.29) is 25.9 Å². The molecule has 0 heterocycles. The highest BCUT2D eigenvalue weighted by Crippen LogP contribution is 2.23. The summed E-state index contributed by atoms with van der Waals surface area (Å²) in [5, 5.41) is 12.5. The Morgan fingerprint density at radius 2 is 1.45 bits per heavy atom. The van der Waals surface area contributed by atoms with Crippen molar-refractivity contribution in [1.29, 1.82) is 0 Å². The lowest BCUT2D eigenvalue weighted by molar-refractivity contribution is -0.140. The highest BCUT2D eigenvalue weighted by molar-refractivity contribution is 5.99. The fourth-order valence-electron chi connectivity index (χ4n) is 5.32. The smallest absolute Gasteiger partial charge is 0.254 e. The van der Waals surface area contributed by atoms with Crippen molar-refractivity contribution in [2.45, 2.75) is 44.5 Å². The standard InChI is InChI=1S/C38H41FN4O4/c1-4-43(34(36(45)41-25-26(2)44)22-28-15-19-33(39)20-16-28)38(47)35(42(3)37(46)32-12-8-9-29(21-32)24-40)23-27-13-17-31(18-14-27)30-10-6-5-7-11-30/h4-21,26,34-35,44H,1,22-25,40H2,2-3H3,(H,41,45)/t26-,34-,35-/m1/s1. The summed E-state index contributed by atoms with van der Waals surface area (Å²) < 4.78 is 13.7. The molecular formula is C38H41FN4O4. The zero-order valence-corrected chi connectivity index (χ0v) is 26.7. The molecule has 4 rings (SSSR count). The Balaban J connectivity index is 1.71. The summed E-state index contributed by atoms with van der Waals surface area (Å²) >= 11 is 0. The lowest BCUT2D eigenvalue weighted by Crippen LogP contribution is -2.56. The van der Waals surface area contributed by atoms with Crippen LogP contribution in [0.2, 0.25) is 0 Å². The van der Waals surface area contributed by atoms with E-state index in [9.17, 15) is 23.9 Å². The molecule has 0 spiro atoms. The van der Waals surface area contributed by atoms with Gasteiger partial charge in [0.1, 0.15) is 17.9 Å². The zero-order chi connectivity index (χ0) is 33.9. The molecule has 0 aliphatic carbocycles. The van der Waals surface area contributed by atoms with Crippen LogP contribution in [0.25, 0.3) is 11.1 Å². The van der Waals surface area contributed by atoms with Crippen molar-refractivity contribution in [1.82, 2.24) is 15.1 Å². The van der Waals surface area contributed by atoms with E-state index >= 15 is 0 Å². The number of nitrogens with one attached hydrogen (secondary N) is 1. The van der Waals surface area contributed by atoms with Crippen LogP contribution in [0.4, 0.5) is 4.39 Å². The minimum atomic E-state index is -1.10. The SMILES string of the molecule is C=CN(C(=O)[C@@H](Cc1ccc(-c2ccccc2)cc1)N(C)C(=O)c1cccc(CN)c1)[C@H](Cc1ccc(F)cc1)C(=O)NC[C@@H](C)O. The fourth-order valence-corrected chi connectivity index (χ4v) is 5.32. The molecule has 0 bridgehead atoms. The van der Waals surface area contributed by atoms with Gasteiger partial charge in [0.15, 0.2) is 0 Å². The third-order valence-electron chi connectivity index (χ3n) is 7.98. The molecule has 0 aromatic heterocycles. The Bertz CT molecular complexity index is 1660. The molecule has 0 saturated heterocycles. The van der Waals surface area contributed by atoms with Crippen LogP contribution < -0.4 is 11.1 Å². The topological polar surface area (TPSA) is 116 Å². The first-order valence-corrected chi connectivity index (χ1v) is 15.5. The second-order valence-electron chi connectivity index (χ2n) is 11.5. The first-order chi connectivity index (χ1) is 22.6. The number of rotatable bonds is 14. The maximum Gasteiger partial charge on any atom is 0.254 e. The Kier molecular flexibility index (Phi) is 12.2. The molecule has 4 aromatic carbocycles. The third-order valence-corrected chi connectivity index (χ3v) is 7.98. The van der Waals surface area contributed by atoms with E-state index in [1.807, 2.05) is 60.7 Å². The zero-order valence-electron chi connectivity index (χ0n) is 26.7. The number of aliphatic hydroxyl groups excluding tert-OH is 1. The molecule has 3 amide bonds. The number of nitrogens with zero attached hydrogens (tertiary/aromatic N) is 2. The molecule has 0 unspecified atom stereocenters. The summed E-state index contributed by atoms with van der Waals surface area (Å²) in [6.07, 6.45) is 0.642. The van der Waals surface area contributed by atoms with Crippen molar-refractivity contribution in [3.8, 4) is 11.1 Å². The number of hydrogen-bond donors (Lipinski definition) is 3. The van der Waals surface area contributed by atoms with E-state index < -0.39 is 41.7 Å². The van der Waals surface area contributed by atoms with Gasteiger partial charge in [-0.15, -0.1) is 0 Å². The van der Waals surface area contributed by atoms with Gasteiger partial charge in [-0.25, -0.2) is 4.39 Å². The Morgan fingerprint density at radius 3 is 2.04 bits per heavy atom. The van der Waals surface area contributed by atoms with Crippen molar-refractivity contribution in [2.75, 3.05) is 13.6 Å². The highest BCUT2D eigenvalue weighted by Gasteiger charge is 2.36. The molecule has 47 heavy (non-hydrogen) atoms. The van der Waals surface area contributed by atoms with E-state index in [0.717, 1.165) is 22.3 Å². The van der Waals surface area contributed by atoms with E-state index in [1.165, 1.54) is 35.1 Å². The molecule has 9 heteroatoms. The molecule has 0 radical (unpaired) electrons. The monoisotopic (exact) mass is 636 g/mol. The number of halogens is 1. The van der Waals surface area contributed by atoms with Crippen LogP contribution in [0.1, 0.15) is 34.0 Å². The van der Waals surface area contributed by atoms with Gasteiger partial charge in [-0.2, -0.15) is 0 Å². The lowest BCUT2D eigenvalue weighted by atomic mass is 9.97. The van der Waals surface area contributed by atoms with Crippen molar-refractivity contribution < 1.29 is 23.9 Å². The molecule has 3 atom stereocenters. The van der Waals surface area contributed by atoms with Gasteiger partial charge in [-0.3, -0.25) is 14.4 Å². The normalized spacial score (nSPS) is 12.8. The number of carbonyl (C=O) groups is 3. The van der Waals surface area contributed by atoms with E-state index in [0.29, 0.717) is 11.1 Å². The van der Waals surface area contributed by atoms with Gasteiger partial charge < -0.3 is 26.0 Å². The Labute approximate surface area is 275 Å². The van der Waals surface area contributed by atoms with Gasteiger partial charge in [0.25, 0.3) is 5.91 Å². The van der Waals surface area contributed by atoms with Crippen LogP contribution in [-0.4, -0.2) is 64.4 Å². The number of benzene rings is 4. The number of aliphatic hydroxyl groups is 1. The van der Waals surface area contributed by atoms with E-state index in [4.69, 9.17) is 5.73 Å². The number of nitrogens with two attached hydrogens (primary N) is 1. The van der Waals surface area contributed by atoms with Crippen LogP contribution in [0.15, 0.2) is 116 Å². The van der Waals surface area contributed by atoms with Crippen LogP contribution in [-0.2, 0) is 29.0 Å². The van der Waals surface area contributed by atoms with Gasteiger partial charge in [0.2, 0.25) is 11.8 Å². The molecule has 0 aliphatic rings. The molecule has 244 valence electrons. The number of amides is 3. The summed E-state index contributed by atoms with van der Waals surface area (Å²) in [5.74, 6) is -1.88. The predicted molar refractivity (Wildman–Crippen MR) is 181 cm³/mol. The van der Waals surface area contributed by atoms with Crippen LogP contribution in [0.3, 0.4) is 0 Å². The van der Waals surface area contributed by atoms with Crippen molar-refractivity contribution in [3.63, 3.8) is 0 Å². The minimum absolute atomic E-state index is 0.0367. The Morgan fingerprint density at radius 1 is 0.851 bits per heavy atom. The molecular weight excluding hydrogens is 595 g/mol. The summed E-state index contributed by atoms with van der Waals surface area (Å²) in [6.45, 7) is 5.60. The van der Waals surface area contributed by atoms with E-state index in [2.05, 4.69) is 11.9 Å². The van der Waals surface area contributed by atoms with Crippen molar-refractivity contribution in [3.05, 3.63) is 144 Å². The van der Waals surface area contributed by atoms with Gasteiger partial charge >= 0.3 is 0 Å². The van der Waals surface area contributed by atoms with Gasteiger partial charge in [0.05, 0.1) is 6.10 Å². The average Bonchev–Trinajstić information content (AvgIpc) is 3.10. The van der Waals surface area contributed by atoms with E-state index in [1.54, 1.807) is 37.4 Å². The maximum absolute atomic E-state index is 14.5. The lowest BCUT2D eigenvalue weighted by Gasteiger charge is -2.35. The van der Waals surface area contributed by atoms with Gasteiger partial charge in [-0.05, 0) is 59.0 Å². The van der Waals surface area contributed by atoms with Crippen LogP contribution in [0, 0.1) is 5.82 Å². The number of likely N-dealkylation sites (N-methyl/N-ethyl adjacent to an activating group) is 1. The predicted octanol–water partition coefficient (Wildman–Crippen LogP) is 4.72. The largest absolute Gasteiger partial charge is 0.392 e. The second-order valence-corrected chi connectivity index (χ2v) is 11.5. The third kappa shape index (κ3) is 9.22. The summed E-state index contributed by atoms with van der Waals surface area (Å²) in [5.41, 5.74) is 10.4. The first kappa shape index (κ1) is 34.7. The van der Waals surface area contributed by atoms with Crippen LogP contribution >= 0.6 is 0 Å². The molecule has 0 fully saturated rings. The van der Waals surface area contributed by atoms with Crippen molar-refractivity contribution in [2.24, 2.45) is 5.73 Å².